The lowest BCUT2D eigenvalue weighted by atomic mass is 10.1. The van der Waals surface area contributed by atoms with Crippen LogP contribution in [0.5, 0.6) is 11.5 Å². The molecule has 1 aromatic heterocycles. The van der Waals surface area contributed by atoms with Gasteiger partial charge in [-0.2, -0.15) is 0 Å². The lowest BCUT2D eigenvalue weighted by Crippen LogP contribution is -2.14. The molecule has 0 aliphatic heterocycles. The molecule has 0 spiro atoms. The first kappa shape index (κ1) is 32.9. The molecule has 0 aliphatic carbocycles. The summed E-state index contributed by atoms with van der Waals surface area (Å²) in [7, 11) is -1.92. The molecule has 0 saturated heterocycles. The summed E-state index contributed by atoms with van der Waals surface area (Å²) in [4.78, 5) is 17.8. The number of amides is 1. The van der Waals surface area contributed by atoms with Gasteiger partial charge in [-0.3, -0.25) is 4.79 Å². The van der Waals surface area contributed by atoms with E-state index in [1.807, 2.05) is 72.8 Å². The molecule has 0 unspecified atom stereocenters. The summed E-state index contributed by atoms with van der Waals surface area (Å²) in [5, 5.41) is 4.52. The molecule has 1 amide bonds. The third kappa shape index (κ3) is 9.29. The van der Waals surface area contributed by atoms with Gasteiger partial charge < -0.3 is 19.5 Å². The number of nitrogens with zero attached hydrogens (tertiary/aromatic N) is 1. The number of carbonyl (C=O) groups excluding carboxylic acids is 1. The Kier molecular flexibility index (Phi) is 11.3. The highest BCUT2D eigenvalue weighted by atomic mass is 35.5. The number of aromatic nitrogens is 1. The van der Waals surface area contributed by atoms with Gasteiger partial charge in [0.15, 0.2) is 16.6 Å². The lowest BCUT2D eigenvalue weighted by Gasteiger charge is -2.14. The number of halogens is 1. The van der Waals surface area contributed by atoms with E-state index in [1.165, 1.54) is 19.2 Å². The molecular formula is C36H35ClN2O6S. The van der Waals surface area contributed by atoms with Crippen LogP contribution in [0.4, 0.5) is 5.69 Å². The third-order valence-corrected chi connectivity index (χ3v) is 9.38. The van der Waals surface area contributed by atoms with E-state index in [-0.39, 0.29) is 29.8 Å². The number of hydrogen-bond donors (Lipinski definition) is 1. The lowest BCUT2D eigenvalue weighted by molar-refractivity contribution is -0.116. The molecule has 0 bridgehead atoms. The zero-order valence-corrected chi connectivity index (χ0v) is 27.0. The van der Waals surface area contributed by atoms with E-state index in [1.54, 1.807) is 18.2 Å². The molecule has 1 N–H and O–H groups in total. The molecule has 0 radical (unpaired) electrons. The number of pyridine rings is 1. The summed E-state index contributed by atoms with van der Waals surface area (Å²) in [6.45, 7) is 0.379. The maximum Gasteiger partial charge on any atom is 0.224 e. The normalized spacial score (nSPS) is 11.3. The minimum absolute atomic E-state index is 0.0115. The van der Waals surface area contributed by atoms with E-state index in [0.717, 1.165) is 33.5 Å². The summed E-state index contributed by atoms with van der Waals surface area (Å²) in [5.74, 6) is 1.01. The zero-order chi connectivity index (χ0) is 32.4. The van der Waals surface area contributed by atoms with Gasteiger partial charge in [0.2, 0.25) is 5.91 Å². The van der Waals surface area contributed by atoms with Crippen LogP contribution in [0, 0.1) is 0 Å². The Morgan fingerprint density at radius 1 is 0.848 bits per heavy atom. The van der Waals surface area contributed by atoms with Gasteiger partial charge >= 0.3 is 0 Å². The van der Waals surface area contributed by atoms with E-state index in [0.29, 0.717) is 42.3 Å². The molecule has 0 atom stereocenters. The average molecular weight is 659 g/mol. The number of para-hydroxylation sites is 1. The summed E-state index contributed by atoms with van der Waals surface area (Å²) in [5.41, 5.74) is 4.16. The number of benzene rings is 4. The van der Waals surface area contributed by atoms with E-state index < -0.39 is 9.84 Å². The summed E-state index contributed by atoms with van der Waals surface area (Å²) < 4.78 is 42.0. The smallest absolute Gasteiger partial charge is 0.224 e. The van der Waals surface area contributed by atoms with Gasteiger partial charge in [0, 0.05) is 23.9 Å². The molecule has 5 rings (SSSR count). The topological polar surface area (TPSA) is 104 Å². The van der Waals surface area contributed by atoms with E-state index >= 15 is 0 Å². The second-order valence-electron chi connectivity index (χ2n) is 10.7. The number of sulfone groups is 1. The molecule has 10 heteroatoms. The highest BCUT2D eigenvalue weighted by Crippen LogP contribution is 2.28. The number of carbonyl (C=O) groups is 1. The molecular weight excluding hydrogens is 624 g/mol. The van der Waals surface area contributed by atoms with Crippen LogP contribution in [0.15, 0.2) is 108 Å². The van der Waals surface area contributed by atoms with Crippen molar-refractivity contribution in [3.05, 3.63) is 125 Å². The second kappa shape index (κ2) is 15.7. The number of fused-ring (bicyclic) bond motifs is 1. The minimum Gasteiger partial charge on any atom is -0.487 e. The van der Waals surface area contributed by atoms with Crippen LogP contribution in [0.1, 0.15) is 29.7 Å². The maximum atomic E-state index is 13.0. The number of hydrogen-bond acceptors (Lipinski definition) is 7. The largest absolute Gasteiger partial charge is 0.487 e. The quantitative estimate of drug-likeness (QED) is 0.117. The van der Waals surface area contributed by atoms with Gasteiger partial charge in [-0.1, -0.05) is 54.1 Å². The third-order valence-electron chi connectivity index (χ3n) is 7.31. The fourth-order valence-corrected chi connectivity index (χ4v) is 6.31. The van der Waals surface area contributed by atoms with Crippen molar-refractivity contribution in [3.63, 3.8) is 0 Å². The molecule has 0 saturated carbocycles. The molecule has 8 nitrogen and oxygen atoms in total. The van der Waals surface area contributed by atoms with Crippen LogP contribution in [-0.2, 0) is 38.8 Å². The summed E-state index contributed by atoms with van der Waals surface area (Å²) in [6, 6.07) is 31.2. The number of aryl methyl sites for hydroxylation is 2. The second-order valence-corrected chi connectivity index (χ2v) is 13.3. The fraction of sp³-hybridized carbons (Fsp3) is 0.222. The SMILES string of the molecule is COCOc1ccc(CCCS(=O)(=O)c2ccc(Cl)cc2)cc1NC(=O)CCc1ccc(OCc2ccc3ccccc3n2)cc1. The van der Waals surface area contributed by atoms with Crippen LogP contribution < -0.4 is 14.8 Å². The van der Waals surface area contributed by atoms with Crippen molar-refractivity contribution in [1.82, 2.24) is 4.98 Å². The Balaban J connectivity index is 1.13. The number of rotatable bonds is 15. The fourth-order valence-electron chi connectivity index (χ4n) is 4.87. The Morgan fingerprint density at radius 2 is 1.61 bits per heavy atom. The Morgan fingerprint density at radius 3 is 2.39 bits per heavy atom. The van der Waals surface area contributed by atoms with Crippen molar-refractivity contribution < 1.29 is 27.4 Å². The predicted molar refractivity (Wildman–Crippen MR) is 180 cm³/mol. The van der Waals surface area contributed by atoms with Gasteiger partial charge in [0.05, 0.1) is 27.5 Å². The first-order valence-electron chi connectivity index (χ1n) is 14.9. The summed E-state index contributed by atoms with van der Waals surface area (Å²) >= 11 is 5.89. The molecule has 1 heterocycles. The molecule has 0 aliphatic rings. The van der Waals surface area contributed by atoms with Gasteiger partial charge in [0.1, 0.15) is 18.1 Å². The Hall–Kier alpha value is -4.44. The highest BCUT2D eigenvalue weighted by Gasteiger charge is 2.15. The van der Waals surface area contributed by atoms with Crippen LogP contribution >= 0.6 is 11.6 Å². The predicted octanol–water partition coefficient (Wildman–Crippen LogP) is 7.43. The van der Waals surface area contributed by atoms with Crippen molar-refractivity contribution in [3.8, 4) is 11.5 Å². The number of anilines is 1. The van der Waals surface area contributed by atoms with E-state index in [9.17, 15) is 13.2 Å². The average Bonchev–Trinajstić information content (AvgIpc) is 3.06. The monoisotopic (exact) mass is 658 g/mol. The molecule has 5 aromatic rings. The van der Waals surface area contributed by atoms with Gasteiger partial charge in [-0.15, -0.1) is 0 Å². The molecule has 238 valence electrons. The first-order chi connectivity index (χ1) is 22.3. The van der Waals surface area contributed by atoms with Crippen LogP contribution in [-0.4, -0.2) is 39.0 Å². The zero-order valence-electron chi connectivity index (χ0n) is 25.4. The highest BCUT2D eigenvalue weighted by molar-refractivity contribution is 7.91. The Bertz CT molecular complexity index is 1880. The van der Waals surface area contributed by atoms with Gasteiger partial charge in [0.25, 0.3) is 0 Å². The van der Waals surface area contributed by atoms with Crippen molar-refractivity contribution >= 4 is 43.9 Å². The first-order valence-corrected chi connectivity index (χ1v) is 16.9. The van der Waals surface area contributed by atoms with Crippen molar-refractivity contribution in [1.29, 1.82) is 0 Å². The number of methoxy groups -OCH3 is 1. The van der Waals surface area contributed by atoms with Crippen LogP contribution in [0.2, 0.25) is 5.02 Å². The maximum absolute atomic E-state index is 13.0. The molecule has 4 aromatic carbocycles. The van der Waals surface area contributed by atoms with Gasteiger partial charge in [-0.25, -0.2) is 13.4 Å². The number of nitrogens with one attached hydrogen (secondary N) is 1. The van der Waals surface area contributed by atoms with Gasteiger partial charge in [-0.05, 0) is 91.1 Å². The standard InChI is InChI=1S/C36H35ClN2O6S/c1-43-25-45-35-20-10-27(5-4-22-46(41,42)32-18-13-29(37)14-19-32)23-34(35)39-36(40)21-11-26-8-16-31(17-9-26)44-24-30-15-12-28-6-2-3-7-33(28)38-30/h2-3,6-10,12-20,23H,4-5,11,21-22,24-25H2,1H3,(H,39,40). The van der Waals surface area contributed by atoms with Crippen molar-refractivity contribution in [2.45, 2.75) is 37.2 Å². The number of ether oxygens (including phenoxy) is 3. The minimum atomic E-state index is -3.44. The van der Waals surface area contributed by atoms with Crippen molar-refractivity contribution in [2.75, 3.05) is 25.0 Å². The van der Waals surface area contributed by atoms with Crippen LogP contribution in [0.3, 0.4) is 0 Å². The van der Waals surface area contributed by atoms with Crippen LogP contribution in [0.25, 0.3) is 10.9 Å². The molecule has 0 fully saturated rings. The summed E-state index contributed by atoms with van der Waals surface area (Å²) in [6.07, 6.45) is 1.71. The van der Waals surface area contributed by atoms with E-state index in [2.05, 4.69) is 10.3 Å². The van der Waals surface area contributed by atoms with Crippen molar-refractivity contribution in [2.24, 2.45) is 0 Å². The Labute approximate surface area is 274 Å². The van der Waals surface area contributed by atoms with E-state index in [4.69, 9.17) is 25.8 Å². The molecule has 46 heavy (non-hydrogen) atoms.